The molecule has 1 saturated heterocycles. The summed E-state index contributed by atoms with van der Waals surface area (Å²) in [5.74, 6) is -0.889. The van der Waals surface area contributed by atoms with Crippen molar-refractivity contribution < 1.29 is 28.8 Å². The van der Waals surface area contributed by atoms with E-state index >= 15 is 0 Å². The van der Waals surface area contributed by atoms with Crippen LogP contribution in [0.5, 0.6) is 0 Å². The average Bonchev–Trinajstić information content (AvgIpc) is 3.90. The molecule has 12 nitrogen and oxygen atoms in total. The molecule has 1 saturated carbocycles. The molecule has 0 radical (unpaired) electrons. The van der Waals surface area contributed by atoms with Gasteiger partial charge in [-0.3, -0.25) is 24.3 Å². The number of fused-ring (bicyclic) bond motifs is 1. The zero-order valence-electron chi connectivity index (χ0n) is 27.5. The van der Waals surface area contributed by atoms with Gasteiger partial charge in [-0.2, -0.15) is 0 Å². The van der Waals surface area contributed by atoms with Gasteiger partial charge in [0.1, 0.15) is 28.9 Å². The number of ether oxygens (including phenoxy) is 1. The lowest BCUT2D eigenvalue weighted by Crippen LogP contribution is -2.71. The number of thioether (sulfide) groups is 2. The van der Waals surface area contributed by atoms with E-state index in [9.17, 15) is 19.2 Å². The highest BCUT2D eigenvalue weighted by Gasteiger charge is 2.55. The summed E-state index contributed by atoms with van der Waals surface area (Å²) in [5.41, 5.74) is 3.50. The summed E-state index contributed by atoms with van der Waals surface area (Å²) in [6, 6.07) is 21.7. The fourth-order valence-electron chi connectivity index (χ4n) is 5.49. The minimum Gasteiger partial charge on any atom is -0.448 e. The maximum absolute atomic E-state index is 14.3. The zero-order chi connectivity index (χ0) is 35.9. The first-order chi connectivity index (χ1) is 25.5. The Morgan fingerprint density at radius 2 is 1.81 bits per heavy atom. The van der Waals surface area contributed by atoms with Crippen molar-refractivity contribution in [2.75, 3.05) is 16.8 Å². The first kappa shape index (κ1) is 35.2. The van der Waals surface area contributed by atoms with Crippen molar-refractivity contribution in [2.45, 2.75) is 36.5 Å². The van der Waals surface area contributed by atoms with Crippen molar-refractivity contribution in [3.63, 3.8) is 0 Å². The molecule has 3 aliphatic rings. The Labute approximate surface area is 311 Å². The summed E-state index contributed by atoms with van der Waals surface area (Å²) in [7, 11) is 0. The summed E-state index contributed by atoms with van der Waals surface area (Å²) in [6.07, 6.45) is 6.72. The molecule has 1 aliphatic carbocycles. The molecule has 4 aromatic rings. The topological polar surface area (TPSA) is 152 Å². The van der Waals surface area contributed by atoms with Crippen LogP contribution in [0.15, 0.2) is 112 Å². The molecule has 15 heteroatoms. The second kappa shape index (κ2) is 16.4. The lowest BCUT2D eigenvalue weighted by atomic mass is 10.0. The molecule has 0 spiro atoms. The number of rotatable bonds is 15. The summed E-state index contributed by atoms with van der Waals surface area (Å²) in [5, 5.41) is 12.6. The number of pyridine rings is 1. The largest absolute Gasteiger partial charge is 0.448 e. The summed E-state index contributed by atoms with van der Waals surface area (Å²) >= 11 is 4.06. The predicted octanol–water partition coefficient (Wildman–Crippen LogP) is 5.38. The van der Waals surface area contributed by atoms with Gasteiger partial charge in [0.2, 0.25) is 6.41 Å². The number of carbonyl (C=O) groups is 4. The van der Waals surface area contributed by atoms with Crippen molar-refractivity contribution in [1.29, 1.82) is 0 Å². The van der Waals surface area contributed by atoms with Gasteiger partial charge in [0.05, 0.1) is 0 Å². The molecule has 2 atom stereocenters. The Hall–Kier alpha value is -5.25. The van der Waals surface area contributed by atoms with Gasteiger partial charge in [-0.1, -0.05) is 71.9 Å². The van der Waals surface area contributed by atoms with Crippen LogP contribution >= 0.6 is 34.9 Å². The molecular weight excluding hydrogens is 721 g/mol. The molecule has 0 unspecified atom stereocenters. The molecular formula is C37H32N6O6S3. The van der Waals surface area contributed by atoms with Gasteiger partial charge in [0.25, 0.3) is 11.8 Å². The highest BCUT2D eigenvalue weighted by Crippen LogP contribution is 2.42. The van der Waals surface area contributed by atoms with E-state index in [4.69, 9.17) is 9.57 Å². The normalized spacial score (nSPS) is 18.5. The number of benzene rings is 2. The highest BCUT2D eigenvalue weighted by molar-refractivity contribution is 8.02. The molecule has 7 rings (SSSR count). The van der Waals surface area contributed by atoms with Crippen molar-refractivity contribution >= 4 is 76.0 Å². The monoisotopic (exact) mass is 752 g/mol. The average molecular weight is 753 g/mol. The Bertz CT molecular complexity index is 1980. The number of hydrogen-bond donors (Lipinski definition) is 2. The van der Waals surface area contributed by atoms with E-state index in [0.29, 0.717) is 17.9 Å². The molecule has 2 N–H and O–H groups in total. The third-order valence-corrected chi connectivity index (χ3v) is 11.2. The molecule has 2 aromatic heterocycles. The third-order valence-electron chi connectivity index (χ3n) is 8.22. The number of anilines is 1. The minimum absolute atomic E-state index is 0.0893. The maximum Gasteiger partial charge on any atom is 0.356 e. The van der Waals surface area contributed by atoms with Crippen molar-refractivity contribution in [1.82, 2.24) is 20.2 Å². The van der Waals surface area contributed by atoms with Crippen LogP contribution in [-0.4, -0.2) is 73.8 Å². The lowest BCUT2D eigenvalue weighted by Gasteiger charge is -2.49. The van der Waals surface area contributed by atoms with Crippen LogP contribution in [0.2, 0.25) is 0 Å². The van der Waals surface area contributed by atoms with Crippen LogP contribution in [0.4, 0.5) is 5.13 Å². The smallest absolute Gasteiger partial charge is 0.356 e. The van der Waals surface area contributed by atoms with Crippen LogP contribution in [0, 0.1) is 0 Å². The first-order valence-corrected chi connectivity index (χ1v) is 19.3. The third kappa shape index (κ3) is 8.11. The standard InChI is InChI=1S/C37H32N6O6S3/c44-22-39-37-40-28(21-52-37)29(42-49-27-13-14-27)33(45)41-30-34(46)43-31(26(20-51-35(30)43)19-50-17-15-23-8-7-16-38-18-23)36(47)48-32(24-9-3-1-4-10-24)25-11-5-2-6-12-25/h1-12,15-18,21-22,27,30,32,35H,13-14,19-20H2,(H,41,45)(H,39,40,44)/b17-15-,42-29?/t30-,35-/m1/s1. The number of thiazole rings is 1. The van der Waals surface area contributed by atoms with Crippen molar-refractivity contribution in [3.8, 4) is 0 Å². The highest BCUT2D eigenvalue weighted by atomic mass is 32.2. The molecule has 52 heavy (non-hydrogen) atoms. The van der Waals surface area contributed by atoms with Gasteiger partial charge in [-0.25, -0.2) is 9.78 Å². The minimum atomic E-state index is -0.948. The number of β-lactam (4-membered cyclic amide) rings is 1. The van der Waals surface area contributed by atoms with E-state index < -0.39 is 35.3 Å². The number of oxime groups is 1. The van der Waals surface area contributed by atoms with E-state index in [-0.39, 0.29) is 28.3 Å². The number of esters is 1. The second-order valence-corrected chi connectivity index (χ2v) is 14.7. The molecule has 0 bridgehead atoms. The van der Waals surface area contributed by atoms with Crippen molar-refractivity contribution in [2.24, 2.45) is 5.16 Å². The molecule has 2 fully saturated rings. The fraction of sp³-hybridized carbons (Fsp3) is 0.216. The molecule has 264 valence electrons. The Morgan fingerprint density at radius 1 is 1.06 bits per heavy atom. The van der Waals surface area contributed by atoms with Gasteiger partial charge in [-0.15, -0.1) is 34.9 Å². The Morgan fingerprint density at radius 3 is 2.48 bits per heavy atom. The Balaban J connectivity index is 1.14. The SMILES string of the molecule is O=CNc1nc(C(=NOC2CC2)C(=O)N[C@@H]2C(=O)N3C(C(=O)OC(c4ccccc4)c4ccccc4)=C(CS/C=C\c4cccnc4)CS[C@H]23)cs1. The first-order valence-electron chi connectivity index (χ1n) is 16.4. The number of nitrogens with one attached hydrogen (secondary N) is 2. The number of carbonyl (C=O) groups excluding carboxylic acids is 4. The second-order valence-electron chi connectivity index (χ2n) is 11.9. The fourth-order valence-corrected chi connectivity index (χ4v) is 8.41. The Kier molecular flexibility index (Phi) is 11.1. The number of nitrogens with zero attached hydrogens (tertiary/aromatic N) is 4. The van der Waals surface area contributed by atoms with E-state index in [1.807, 2.05) is 84.3 Å². The molecule has 3 amide bonds. The van der Waals surface area contributed by atoms with E-state index in [2.05, 4.69) is 25.8 Å². The van der Waals surface area contributed by atoms with Crippen LogP contribution in [0.25, 0.3) is 6.08 Å². The summed E-state index contributed by atoms with van der Waals surface area (Å²) in [6.45, 7) is 0. The predicted molar refractivity (Wildman–Crippen MR) is 201 cm³/mol. The summed E-state index contributed by atoms with van der Waals surface area (Å²) in [4.78, 5) is 68.2. The number of hydrogen-bond acceptors (Lipinski definition) is 12. The van der Waals surface area contributed by atoms with E-state index in [1.165, 1.54) is 28.4 Å². The zero-order valence-corrected chi connectivity index (χ0v) is 29.9. The van der Waals surface area contributed by atoms with E-state index in [1.54, 1.807) is 17.8 Å². The van der Waals surface area contributed by atoms with Gasteiger partial charge < -0.3 is 20.2 Å². The van der Waals surface area contributed by atoms with Crippen LogP contribution in [0.3, 0.4) is 0 Å². The lowest BCUT2D eigenvalue weighted by molar-refractivity contribution is -0.154. The van der Waals surface area contributed by atoms with Gasteiger partial charge >= 0.3 is 5.97 Å². The molecule has 4 heterocycles. The van der Waals surface area contributed by atoms with Crippen LogP contribution in [0.1, 0.15) is 41.3 Å². The van der Waals surface area contributed by atoms with Gasteiger partial charge in [-0.05, 0) is 52.7 Å². The van der Waals surface area contributed by atoms with Crippen LogP contribution < -0.4 is 10.6 Å². The molecule has 2 aliphatic heterocycles. The van der Waals surface area contributed by atoms with Gasteiger partial charge in [0, 0.05) is 29.3 Å². The number of amides is 3. The summed E-state index contributed by atoms with van der Waals surface area (Å²) < 4.78 is 6.27. The van der Waals surface area contributed by atoms with Gasteiger partial charge in [0.15, 0.2) is 16.9 Å². The van der Waals surface area contributed by atoms with E-state index in [0.717, 1.165) is 46.4 Å². The quantitative estimate of drug-likeness (QED) is 0.0533. The molecule has 2 aromatic carbocycles. The number of aromatic nitrogens is 2. The van der Waals surface area contributed by atoms with Crippen molar-refractivity contribution in [3.05, 3.63) is 130 Å². The maximum atomic E-state index is 14.3. The van der Waals surface area contributed by atoms with Crippen LogP contribution in [-0.2, 0) is 28.8 Å².